The summed E-state index contributed by atoms with van der Waals surface area (Å²) >= 11 is 0. The zero-order valence-corrected chi connectivity index (χ0v) is 10.1. The molecule has 16 heavy (non-hydrogen) atoms. The average molecular weight is 223 g/mol. The van der Waals surface area contributed by atoms with Crippen molar-refractivity contribution in [3.8, 4) is 5.75 Å². The molecule has 3 heteroatoms. The van der Waals surface area contributed by atoms with Gasteiger partial charge in [0.2, 0.25) is 0 Å². The van der Waals surface area contributed by atoms with Gasteiger partial charge in [0.25, 0.3) is 0 Å². The van der Waals surface area contributed by atoms with Crippen molar-refractivity contribution in [2.75, 3.05) is 25.6 Å². The van der Waals surface area contributed by atoms with Crippen LogP contribution in [0.25, 0.3) is 0 Å². The lowest BCUT2D eigenvalue weighted by Crippen LogP contribution is -2.07. The minimum absolute atomic E-state index is 0.589. The first-order valence-corrected chi connectivity index (χ1v) is 5.75. The predicted molar refractivity (Wildman–Crippen MR) is 66.6 cm³/mol. The van der Waals surface area contributed by atoms with Gasteiger partial charge in [-0.3, -0.25) is 0 Å². The van der Waals surface area contributed by atoms with Crippen LogP contribution in [0.5, 0.6) is 5.75 Å². The molecule has 0 aromatic heterocycles. The molecule has 3 nitrogen and oxygen atoms in total. The van der Waals surface area contributed by atoms with Crippen molar-refractivity contribution in [3.63, 3.8) is 0 Å². The van der Waals surface area contributed by atoms with Crippen LogP contribution >= 0.6 is 0 Å². The van der Waals surface area contributed by atoms with Gasteiger partial charge in [0.05, 0.1) is 12.3 Å². The first-order chi connectivity index (χ1) is 7.70. The lowest BCUT2D eigenvalue weighted by atomic mass is 10.2. The Hall–Kier alpha value is -1.22. The SMILES string of the molecule is CC(C)COCCCOc1ccccc1N. The summed E-state index contributed by atoms with van der Waals surface area (Å²) < 4.78 is 11.0. The Kier molecular flexibility index (Phi) is 5.72. The summed E-state index contributed by atoms with van der Waals surface area (Å²) in [5.41, 5.74) is 6.43. The summed E-state index contributed by atoms with van der Waals surface area (Å²) in [6, 6.07) is 7.53. The highest BCUT2D eigenvalue weighted by atomic mass is 16.5. The van der Waals surface area contributed by atoms with Gasteiger partial charge in [0, 0.05) is 19.6 Å². The van der Waals surface area contributed by atoms with Gasteiger partial charge in [-0.1, -0.05) is 26.0 Å². The number of rotatable bonds is 7. The van der Waals surface area contributed by atoms with Crippen molar-refractivity contribution in [2.24, 2.45) is 5.92 Å². The highest BCUT2D eigenvalue weighted by Gasteiger charge is 1.98. The smallest absolute Gasteiger partial charge is 0.142 e. The molecule has 2 N–H and O–H groups in total. The highest BCUT2D eigenvalue weighted by molar-refractivity contribution is 5.51. The normalized spacial score (nSPS) is 10.7. The van der Waals surface area contributed by atoms with Gasteiger partial charge in [-0.2, -0.15) is 0 Å². The molecule has 0 amide bonds. The monoisotopic (exact) mass is 223 g/mol. The van der Waals surface area contributed by atoms with Crippen LogP contribution in [0.15, 0.2) is 24.3 Å². The topological polar surface area (TPSA) is 44.5 Å². The number of nitrogens with two attached hydrogens (primary N) is 1. The van der Waals surface area contributed by atoms with E-state index >= 15 is 0 Å². The largest absolute Gasteiger partial charge is 0.491 e. The van der Waals surface area contributed by atoms with Crippen molar-refractivity contribution >= 4 is 5.69 Å². The van der Waals surface area contributed by atoms with E-state index in [-0.39, 0.29) is 0 Å². The number of para-hydroxylation sites is 2. The fourth-order valence-corrected chi connectivity index (χ4v) is 1.27. The molecule has 0 aliphatic heterocycles. The Morgan fingerprint density at radius 1 is 1.19 bits per heavy atom. The van der Waals surface area contributed by atoms with E-state index in [9.17, 15) is 0 Å². The van der Waals surface area contributed by atoms with E-state index in [0.29, 0.717) is 18.2 Å². The van der Waals surface area contributed by atoms with E-state index in [1.54, 1.807) is 0 Å². The van der Waals surface area contributed by atoms with Gasteiger partial charge in [-0.15, -0.1) is 0 Å². The lowest BCUT2D eigenvalue weighted by molar-refractivity contribution is 0.0982. The molecule has 0 atom stereocenters. The van der Waals surface area contributed by atoms with Crippen LogP contribution < -0.4 is 10.5 Å². The van der Waals surface area contributed by atoms with Crippen molar-refractivity contribution in [2.45, 2.75) is 20.3 Å². The Bertz CT molecular complexity index is 300. The Labute approximate surface area is 97.6 Å². The maximum absolute atomic E-state index is 5.74. The third-order valence-corrected chi connectivity index (χ3v) is 2.06. The van der Waals surface area contributed by atoms with Crippen LogP contribution in [0.2, 0.25) is 0 Å². The van der Waals surface area contributed by atoms with Crippen molar-refractivity contribution < 1.29 is 9.47 Å². The molecule has 90 valence electrons. The molecule has 0 fully saturated rings. The molecule has 0 saturated carbocycles. The minimum Gasteiger partial charge on any atom is -0.491 e. The molecule has 1 aromatic rings. The van der Waals surface area contributed by atoms with E-state index in [1.165, 1.54) is 0 Å². The highest BCUT2D eigenvalue weighted by Crippen LogP contribution is 2.19. The Morgan fingerprint density at radius 3 is 2.62 bits per heavy atom. The lowest BCUT2D eigenvalue weighted by Gasteiger charge is -2.09. The summed E-state index contributed by atoms with van der Waals surface area (Å²) in [5, 5.41) is 0. The number of anilines is 1. The van der Waals surface area contributed by atoms with Crippen molar-refractivity contribution in [1.82, 2.24) is 0 Å². The Morgan fingerprint density at radius 2 is 1.94 bits per heavy atom. The van der Waals surface area contributed by atoms with Gasteiger partial charge >= 0.3 is 0 Å². The third-order valence-electron chi connectivity index (χ3n) is 2.06. The second-order valence-corrected chi connectivity index (χ2v) is 4.21. The maximum Gasteiger partial charge on any atom is 0.142 e. The van der Waals surface area contributed by atoms with Crippen molar-refractivity contribution in [3.05, 3.63) is 24.3 Å². The quantitative estimate of drug-likeness (QED) is 0.571. The number of nitrogen functional groups attached to an aromatic ring is 1. The fourth-order valence-electron chi connectivity index (χ4n) is 1.27. The predicted octanol–water partition coefficient (Wildman–Crippen LogP) is 2.71. The molecular weight excluding hydrogens is 202 g/mol. The number of benzene rings is 1. The van der Waals surface area contributed by atoms with Gasteiger partial charge < -0.3 is 15.2 Å². The zero-order valence-electron chi connectivity index (χ0n) is 10.1. The molecule has 0 radical (unpaired) electrons. The summed E-state index contributed by atoms with van der Waals surface area (Å²) in [6.07, 6.45) is 0.890. The van der Waals surface area contributed by atoms with Gasteiger partial charge in [0.1, 0.15) is 5.75 Å². The van der Waals surface area contributed by atoms with E-state index in [1.807, 2.05) is 24.3 Å². The fraction of sp³-hybridized carbons (Fsp3) is 0.538. The summed E-state index contributed by atoms with van der Waals surface area (Å²) in [7, 11) is 0. The first-order valence-electron chi connectivity index (χ1n) is 5.75. The second kappa shape index (κ2) is 7.12. The van der Waals surface area contributed by atoms with Crippen LogP contribution in [-0.4, -0.2) is 19.8 Å². The minimum atomic E-state index is 0.589. The van der Waals surface area contributed by atoms with E-state index in [4.69, 9.17) is 15.2 Å². The molecular formula is C13H21NO2. The Balaban J connectivity index is 2.10. The molecule has 0 aliphatic carbocycles. The van der Waals surface area contributed by atoms with Crippen molar-refractivity contribution in [1.29, 1.82) is 0 Å². The number of ether oxygens (including phenoxy) is 2. The van der Waals surface area contributed by atoms with Gasteiger partial charge in [-0.05, 0) is 18.1 Å². The summed E-state index contributed by atoms with van der Waals surface area (Å²) in [6.45, 7) is 6.48. The van der Waals surface area contributed by atoms with Crippen LogP contribution in [0.3, 0.4) is 0 Å². The summed E-state index contributed by atoms with van der Waals surface area (Å²) in [5.74, 6) is 1.34. The van der Waals surface area contributed by atoms with E-state index in [0.717, 1.165) is 25.4 Å². The molecule has 0 heterocycles. The zero-order chi connectivity index (χ0) is 11.8. The summed E-state index contributed by atoms with van der Waals surface area (Å²) in [4.78, 5) is 0. The molecule has 0 unspecified atom stereocenters. The molecule has 0 bridgehead atoms. The second-order valence-electron chi connectivity index (χ2n) is 4.21. The van der Waals surface area contributed by atoms with Gasteiger partial charge in [-0.25, -0.2) is 0 Å². The molecule has 0 aliphatic rings. The molecule has 0 spiro atoms. The molecule has 1 rings (SSSR count). The van der Waals surface area contributed by atoms with E-state index in [2.05, 4.69) is 13.8 Å². The van der Waals surface area contributed by atoms with Crippen LogP contribution in [-0.2, 0) is 4.74 Å². The maximum atomic E-state index is 5.74. The van der Waals surface area contributed by atoms with Crippen LogP contribution in [0.1, 0.15) is 20.3 Å². The standard InChI is InChI=1S/C13H21NO2/c1-11(2)10-15-8-5-9-16-13-7-4-3-6-12(13)14/h3-4,6-7,11H,5,8-10,14H2,1-2H3. The average Bonchev–Trinajstić information content (AvgIpc) is 2.25. The number of hydrogen-bond donors (Lipinski definition) is 1. The first kappa shape index (κ1) is 12.8. The van der Waals surface area contributed by atoms with Crippen LogP contribution in [0.4, 0.5) is 5.69 Å². The molecule has 1 aromatic carbocycles. The third kappa shape index (κ3) is 5.03. The number of hydrogen-bond acceptors (Lipinski definition) is 3. The van der Waals surface area contributed by atoms with Crippen LogP contribution in [0, 0.1) is 5.92 Å². The van der Waals surface area contributed by atoms with E-state index < -0.39 is 0 Å². The molecule has 0 saturated heterocycles. The van der Waals surface area contributed by atoms with Gasteiger partial charge in [0.15, 0.2) is 0 Å².